The Balaban J connectivity index is 2.15. The van der Waals surface area contributed by atoms with Gasteiger partial charge in [0.2, 0.25) is 0 Å². The lowest BCUT2D eigenvalue weighted by Gasteiger charge is -2.10. The Morgan fingerprint density at radius 2 is 2.12 bits per heavy atom. The number of rotatable bonds is 1. The van der Waals surface area contributed by atoms with E-state index in [1.165, 1.54) is 11.3 Å². The number of aromatic nitrogens is 2. The van der Waals surface area contributed by atoms with Crippen molar-refractivity contribution in [3.8, 4) is 17.2 Å². The van der Waals surface area contributed by atoms with Crippen LogP contribution in [-0.4, -0.2) is 9.97 Å². The van der Waals surface area contributed by atoms with Crippen molar-refractivity contribution in [1.82, 2.24) is 9.97 Å². The van der Waals surface area contributed by atoms with Crippen LogP contribution in [0, 0.1) is 21.8 Å². The number of halogens is 1. The summed E-state index contributed by atoms with van der Waals surface area (Å²) < 4.78 is 0.978. The molecule has 1 aromatic carbocycles. The summed E-state index contributed by atoms with van der Waals surface area (Å²) in [6.07, 6.45) is 0. The van der Waals surface area contributed by atoms with Crippen LogP contribution < -0.4 is 16.9 Å². The van der Waals surface area contributed by atoms with E-state index in [0.717, 1.165) is 14.8 Å². The van der Waals surface area contributed by atoms with Crippen molar-refractivity contribution in [2.24, 2.45) is 0 Å². The lowest BCUT2D eigenvalue weighted by Crippen LogP contribution is -2.10. The molecule has 4 rings (SSSR count). The third kappa shape index (κ3) is 2.35. The Morgan fingerprint density at radius 1 is 1.35 bits per heavy atom. The number of thiophene rings is 1. The number of nitrogen functional groups attached to an aromatic ring is 2. The highest BCUT2D eigenvalue weighted by Gasteiger charge is 2.20. The number of benzene rings is 1. The van der Waals surface area contributed by atoms with E-state index in [2.05, 4.69) is 32.6 Å². The molecule has 4 aromatic rings. The van der Waals surface area contributed by atoms with Crippen molar-refractivity contribution in [1.29, 1.82) is 5.26 Å². The Kier molecular flexibility index (Phi) is 3.86. The smallest absolute Gasteiger partial charge is 0.197 e. The van der Waals surface area contributed by atoms with E-state index in [4.69, 9.17) is 11.5 Å². The first-order valence-corrected chi connectivity index (χ1v) is 9.57. The lowest BCUT2D eigenvalue weighted by molar-refractivity contribution is 1.25. The molecule has 128 valence electrons. The van der Waals surface area contributed by atoms with Crippen molar-refractivity contribution in [2.45, 2.75) is 6.92 Å². The zero-order chi connectivity index (χ0) is 18.6. The molecule has 0 spiro atoms. The molecule has 0 aliphatic heterocycles. The van der Waals surface area contributed by atoms with Gasteiger partial charge in [-0.3, -0.25) is 4.79 Å². The summed E-state index contributed by atoms with van der Waals surface area (Å²) in [5.41, 5.74) is 15.1. The predicted molar refractivity (Wildman–Crippen MR) is 114 cm³/mol. The van der Waals surface area contributed by atoms with E-state index in [9.17, 15) is 10.1 Å². The number of H-pyrrole nitrogens is 1. The van der Waals surface area contributed by atoms with Crippen molar-refractivity contribution < 1.29 is 0 Å². The second-order valence-electron chi connectivity index (χ2n) is 5.87. The minimum Gasteiger partial charge on any atom is -0.397 e. The number of nitriles is 1. The maximum atomic E-state index is 13.2. The summed E-state index contributed by atoms with van der Waals surface area (Å²) in [6.45, 7) is 1.85. The molecule has 0 unspecified atom stereocenters. The van der Waals surface area contributed by atoms with E-state index in [0.29, 0.717) is 26.7 Å². The molecule has 0 bridgehead atoms. The number of pyridine rings is 2. The van der Waals surface area contributed by atoms with E-state index in [1.807, 2.05) is 36.6 Å². The molecule has 6 nitrogen and oxygen atoms in total. The first-order chi connectivity index (χ1) is 12.4. The van der Waals surface area contributed by atoms with Gasteiger partial charge in [0.1, 0.15) is 22.3 Å². The Labute approximate surface area is 165 Å². The summed E-state index contributed by atoms with van der Waals surface area (Å²) in [5.74, 6) is 0.101. The topological polar surface area (TPSA) is 122 Å². The van der Waals surface area contributed by atoms with Gasteiger partial charge in [-0.1, -0.05) is 0 Å². The Morgan fingerprint density at radius 3 is 2.85 bits per heavy atom. The lowest BCUT2D eigenvalue weighted by atomic mass is 9.99. The van der Waals surface area contributed by atoms with Crippen LogP contribution in [0.2, 0.25) is 0 Å². The summed E-state index contributed by atoms with van der Waals surface area (Å²) in [4.78, 5) is 21.4. The van der Waals surface area contributed by atoms with E-state index < -0.39 is 0 Å². The highest BCUT2D eigenvalue weighted by Crippen LogP contribution is 2.39. The third-order valence-corrected chi connectivity index (χ3v) is 5.86. The van der Waals surface area contributed by atoms with E-state index in [1.54, 1.807) is 0 Å². The maximum absolute atomic E-state index is 13.2. The van der Waals surface area contributed by atoms with Crippen molar-refractivity contribution in [3.05, 3.63) is 48.6 Å². The molecule has 0 aliphatic rings. The van der Waals surface area contributed by atoms with Crippen LogP contribution in [0.3, 0.4) is 0 Å². The van der Waals surface area contributed by atoms with Gasteiger partial charge in [-0.15, -0.1) is 11.3 Å². The van der Waals surface area contributed by atoms with Gasteiger partial charge in [-0.2, -0.15) is 5.26 Å². The van der Waals surface area contributed by atoms with Crippen molar-refractivity contribution >= 4 is 66.6 Å². The van der Waals surface area contributed by atoms with E-state index in [-0.39, 0.29) is 22.5 Å². The summed E-state index contributed by atoms with van der Waals surface area (Å²) >= 11 is 3.53. The SMILES string of the molecule is Cc1[nH]c2ccc(I)cc2c(=O)c1-c1csc2nc(N)c(C#N)c(N)c12. The molecule has 5 N–H and O–H groups in total. The number of aromatic amines is 1. The highest BCUT2D eigenvalue weighted by atomic mass is 127. The molecule has 3 heterocycles. The van der Waals surface area contributed by atoms with Crippen LogP contribution in [-0.2, 0) is 0 Å². The van der Waals surface area contributed by atoms with Gasteiger partial charge in [-0.05, 0) is 47.7 Å². The van der Waals surface area contributed by atoms with Gasteiger partial charge in [-0.25, -0.2) is 4.98 Å². The minimum atomic E-state index is -0.0794. The molecule has 0 fully saturated rings. The molecule has 0 saturated carbocycles. The van der Waals surface area contributed by atoms with Gasteiger partial charge < -0.3 is 16.5 Å². The van der Waals surface area contributed by atoms with Crippen LogP contribution in [0.25, 0.3) is 32.2 Å². The number of hydrogen-bond acceptors (Lipinski definition) is 6. The predicted octanol–water partition coefficient (Wildman–Crippen LogP) is 3.75. The number of hydrogen-bond donors (Lipinski definition) is 3. The molecule has 0 radical (unpaired) electrons. The average Bonchev–Trinajstić information content (AvgIpc) is 3.00. The van der Waals surface area contributed by atoms with Gasteiger partial charge in [0.15, 0.2) is 5.43 Å². The monoisotopic (exact) mass is 473 g/mol. The molecule has 0 amide bonds. The van der Waals surface area contributed by atoms with Crippen LogP contribution in [0.1, 0.15) is 11.3 Å². The van der Waals surface area contributed by atoms with Gasteiger partial charge >= 0.3 is 0 Å². The first-order valence-electron chi connectivity index (χ1n) is 7.61. The second kappa shape index (κ2) is 5.96. The van der Waals surface area contributed by atoms with Crippen LogP contribution in [0.15, 0.2) is 28.4 Å². The number of nitrogens with two attached hydrogens (primary N) is 2. The zero-order valence-corrected chi connectivity index (χ0v) is 16.5. The summed E-state index contributed by atoms with van der Waals surface area (Å²) in [5, 5.41) is 12.4. The Bertz CT molecular complexity index is 1320. The fourth-order valence-electron chi connectivity index (χ4n) is 3.13. The van der Waals surface area contributed by atoms with E-state index >= 15 is 0 Å². The fraction of sp³-hybridized carbons (Fsp3) is 0.0556. The Hall–Kier alpha value is -2.64. The normalized spacial score (nSPS) is 11.1. The zero-order valence-electron chi connectivity index (χ0n) is 13.6. The maximum Gasteiger partial charge on any atom is 0.197 e. The van der Waals surface area contributed by atoms with Gasteiger partial charge in [0.05, 0.1) is 11.3 Å². The second-order valence-corrected chi connectivity index (χ2v) is 7.97. The van der Waals surface area contributed by atoms with Crippen LogP contribution in [0.4, 0.5) is 11.5 Å². The number of nitrogens with zero attached hydrogens (tertiary/aromatic N) is 2. The summed E-state index contributed by atoms with van der Waals surface area (Å²) in [7, 11) is 0. The number of nitrogens with one attached hydrogen (secondary N) is 1. The molecular formula is C18H12IN5OS. The molecule has 26 heavy (non-hydrogen) atoms. The summed E-state index contributed by atoms with van der Waals surface area (Å²) in [6, 6.07) is 7.69. The molecule has 0 aliphatic carbocycles. The molecule has 8 heteroatoms. The molecule has 0 saturated heterocycles. The average molecular weight is 473 g/mol. The van der Waals surface area contributed by atoms with Crippen molar-refractivity contribution in [3.63, 3.8) is 0 Å². The first kappa shape index (κ1) is 16.8. The standard InChI is InChI=1S/C18H12IN5OS/c1-7-13(16(25)9-4-8(19)2-3-12(9)23-7)11-6-26-18-14(11)15(21)10(5-20)17(22)24-18/h2-4,6H,1H3,(H,23,25)(H4,21,22,24). The quantitative estimate of drug-likeness (QED) is 0.364. The van der Waals surface area contributed by atoms with Crippen molar-refractivity contribution in [2.75, 3.05) is 11.5 Å². The number of anilines is 2. The van der Waals surface area contributed by atoms with Crippen LogP contribution in [0.5, 0.6) is 0 Å². The molecule has 0 atom stereocenters. The molecular weight excluding hydrogens is 461 g/mol. The third-order valence-electron chi connectivity index (χ3n) is 4.32. The molecule has 3 aromatic heterocycles. The largest absolute Gasteiger partial charge is 0.397 e. The van der Waals surface area contributed by atoms with Gasteiger partial charge in [0.25, 0.3) is 0 Å². The van der Waals surface area contributed by atoms with Crippen LogP contribution >= 0.6 is 33.9 Å². The highest BCUT2D eigenvalue weighted by molar-refractivity contribution is 14.1. The number of fused-ring (bicyclic) bond motifs is 2. The fourth-order valence-corrected chi connectivity index (χ4v) is 4.57. The number of aryl methyl sites for hydroxylation is 1. The minimum absolute atomic E-state index is 0.0794. The van der Waals surface area contributed by atoms with Gasteiger partial charge in [0, 0.05) is 36.5 Å².